The van der Waals surface area contributed by atoms with Crippen LogP contribution in [0.25, 0.3) is 0 Å². The van der Waals surface area contributed by atoms with Gasteiger partial charge in [-0.15, -0.1) is 0 Å². The Balaban J connectivity index is 1.54. The van der Waals surface area contributed by atoms with Crippen molar-refractivity contribution in [2.45, 2.75) is 19.3 Å². The number of amides is 1. The molecule has 0 aliphatic carbocycles. The molecule has 6 nitrogen and oxygen atoms in total. The third kappa shape index (κ3) is 6.13. The maximum absolute atomic E-state index is 12.7. The molecular formula is C22H26F3N5O. The van der Waals surface area contributed by atoms with Crippen LogP contribution in [0.3, 0.4) is 0 Å². The summed E-state index contributed by atoms with van der Waals surface area (Å²) in [5.41, 5.74) is 2.15. The second kappa shape index (κ2) is 9.72. The summed E-state index contributed by atoms with van der Waals surface area (Å²) in [4.78, 5) is 19.7. The highest BCUT2D eigenvalue weighted by Crippen LogP contribution is 2.29. The van der Waals surface area contributed by atoms with Gasteiger partial charge in [0, 0.05) is 46.0 Å². The van der Waals surface area contributed by atoms with E-state index in [0.717, 1.165) is 35.5 Å². The molecule has 3 rings (SSSR count). The van der Waals surface area contributed by atoms with E-state index in [9.17, 15) is 18.0 Å². The maximum atomic E-state index is 12.7. The van der Waals surface area contributed by atoms with Crippen LogP contribution in [0.2, 0.25) is 0 Å². The van der Waals surface area contributed by atoms with E-state index >= 15 is 0 Å². The van der Waals surface area contributed by atoms with E-state index in [1.165, 1.54) is 12.1 Å². The Labute approximate surface area is 179 Å². The molecule has 1 fully saturated rings. The van der Waals surface area contributed by atoms with Gasteiger partial charge in [-0.25, -0.2) is 0 Å². The lowest BCUT2D eigenvalue weighted by atomic mass is 10.1. The number of halogens is 3. The molecule has 166 valence electrons. The molecule has 0 aromatic heterocycles. The summed E-state index contributed by atoms with van der Waals surface area (Å²) in [6, 6.07) is 13.1. The average molecular weight is 433 g/mol. The summed E-state index contributed by atoms with van der Waals surface area (Å²) >= 11 is 0. The van der Waals surface area contributed by atoms with E-state index in [4.69, 9.17) is 0 Å². The lowest BCUT2D eigenvalue weighted by Gasteiger charge is -2.28. The van der Waals surface area contributed by atoms with Crippen LogP contribution < -0.4 is 15.5 Å². The smallest absolute Gasteiger partial charge is 0.360 e. The number of nitrogens with zero attached hydrogens (tertiary/aromatic N) is 3. The van der Waals surface area contributed by atoms with Gasteiger partial charge in [0.05, 0.1) is 12.1 Å². The van der Waals surface area contributed by atoms with E-state index in [-0.39, 0.29) is 5.91 Å². The van der Waals surface area contributed by atoms with E-state index in [1.54, 1.807) is 7.05 Å². The van der Waals surface area contributed by atoms with Crippen molar-refractivity contribution in [2.24, 2.45) is 4.99 Å². The molecule has 2 N–H and O–H groups in total. The quantitative estimate of drug-likeness (QED) is 0.563. The number of benzene rings is 2. The monoisotopic (exact) mass is 433 g/mol. The van der Waals surface area contributed by atoms with Crippen LogP contribution in [0.5, 0.6) is 0 Å². The van der Waals surface area contributed by atoms with E-state index in [0.29, 0.717) is 32.1 Å². The molecular weight excluding hydrogens is 407 g/mol. The fourth-order valence-corrected chi connectivity index (χ4v) is 3.40. The molecule has 2 aromatic carbocycles. The standard InChI is InChI=1S/C22H26F3N5O/c1-26-21(29(2)14-17-3-7-18(8-4-17)22(23,24)25)28-13-16-5-9-19(10-6-16)30-12-11-27-20(31)15-30/h3-10H,11-15H2,1-2H3,(H,26,28)(H,27,31). The van der Waals surface area contributed by atoms with Crippen LogP contribution in [-0.4, -0.2) is 50.5 Å². The highest BCUT2D eigenvalue weighted by atomic mass is 19.4. The van der Waals surface area contributed by atoms with Crippen molar-refractivity contribution in [2.75, 3.05) is 38.6 Å². The minimum atomic E-state index is -4.34. The summed E-state index contributed by atoms with van der Waals surface area (Å²) < 4.78 is 38.1. The molecule has 0 radical (unpaired) electrons. The zero-order valence-corrected chi connectivity index (χ0v) is 17.5. The number of rotatable bonds is 5. The predicted octanol–water partition coefficient (Wildman–Crippen LogP) is 2.85. The van der Waals surface area contributed by atoms with E-state index in [1.807, 2.05) is 41.1 Å². The van der Waals surface area contributed by atoms with Crippen LogP contribution in [-0.2, 0) is 24.1 Å². The van der Waals surface area contributed by atoms with Crippen molar-refractivity contribution in [1.82, 2.24) is 15.5 Å². The van der Waals surface area contributed by atoms with E-state index in [2.05, 4.69) is 15.6 Å². The lowest BCUT2D eigenvalue weighted by Crippen LogP contribution is -2.47. The Bertz CT molecular complexity index is 910. The third-order valence-corrected chi connectivity index (χ3v) is 5.06. The van der Waals surface area contributed by atoms with Gasteiger partial charge in [0.25, 0.3) is 0 Å². The van der Waals surface area contributed by atoms with Gasteiger partial charge in [0.15, 0.2) is 5.96 Å². The Morgan fingerprint density at radius 3 is 2.35 bits per heavy atom. The molecule has 0 spiro atoms. The van der Waals surface area contributed by atoms with E-state index < -0.39 is 11.7 Å². The van der Waals surface area contributed by atoms with Crippen LogP contribution >= 0.6 is 0 Å². The molecule has 1 aliphatic heterocycles. The fraction of sp³-hybridized carbons (Fsp3) is 0.364. The fourth-order valence-electron chi connectivity index (χ4n) is 3.40. The largest absolute Gasteiger partial charge is 0.416 e. The zero-order valence-electron chi connectivity index (χ0n) is 17.5. The SMILES string of the molecule is CN=C(NCc1ccc(N2CCNC(=O)C2)cc1)N(C)Cc1ccc(C(F)(F)F)cc1. The normalized spacial score (nSPS) is 14.9. The van der Waals surface area contributed by atoms with Gasteiger partial charge < -0.3 is 20.4 Å². The Kier molecular flexibility index (Phi) is 7.04. The summed E-state index contributed by atoms with van der Waals surface area (Å²) in [5, 5.41) is 6.08. The summed E-state index contributed by atoms with van der Waals surface area (Å²) in [6.07, 6.45) is -4.34. The molecule has 1 heterocycles. The van der Waals surface area contributed by atoms with Gasteiger partial charge in [-0.1, -0.05) is 24.3 Å². The highest BCUT2D eigenvalue weighted by molar-refractivity contribution is 5.82. The van der Waals surface area contributed by atoms with Crippen molar-refractivity contribution in [3.8, 4) is 0 Å². The Morgan fingerprint density at radius 1 is 1.13 bits per heavy atom. The molecule has 0 unspecified atom stereocenters. The number of guanidine groups is 1. The number of hydrogen-bond acceptors (Lipinski definition) is 3. The number of anilines is 1. The van der Waals surface area contributed by atoms with Crippen molar-refractivity contribution in [3.63, 3.8) is 0 Å². The molecule has 1 amide bonds. The minimum Gasteiger partial charge on any atom is -0.360 e. The van der Waals surface area contributed by atoms with Crippen molar-refractivity contribution in [1.29, 1.82) is 0 Å². The Morgan fingerprint density at radius 2 is 1.77 bits per heavy atom. The minimum absolute atomic E-state index is 0.0249. The molecule has 0 atom stereocenters. The predicted molar refractivity (Wildman–Crippen MR) is 115 cm³/mol. The van der Waals surface area contributed by atoms with Gasteiger partial charge in [0.2, 0.25) is 5.91 Å². The molecule has 2 aromatic rings. The number of carbonyl (C=O) groups is 1. The van der Waals surface area contributed by atoms with Gasteiger partial charge in [0.1, 0.15) is 0 Å². The number of hydrogen-bond donors (Lipinski definition) is 2. The highest BCUT2D eigenvalue weighted by Gasteiger charge is 2.30. The second-order valence-corrected chi connectivity index (χ2v) is 7.39. The summed E-state index contributed by atoms with van der Waals surface area (Å²) in [6.45, 7) is 2.76. The van der Waals surface area contributed by atoms with Gasteiger partial charge in [-0.05, 0) is 35.4 Å². The molecule has 0 bridgehead atoms. The molecule has 1 aliphatic rings. The number of piperazine rings is 1. The first-order chi connectivity index (χ1) is 14.8. The number of alkyl halides is 3. The van der Waals surface area contributed by atoms with Crippen LogP contribution in [0.1, 0.15) is 16.7 Å². The number of carbonyl (C=O) groups excluding carboxylic acids is 1. The van der Waals surface area contributed by atoms with Crippen LogP contribution in [0.15, 0.2) is 53.5 Å². The molecule has 31 heavy (non-hydrogen) atoms. The first-order valence-corrected chi connectivity index (χ1v) is 9.95. The molecule has 0 saturated carbocycles. The zero-order chi connectivity index (χ0) is 22.4. The first kappa shape index (κ1) is 22.5. The van der Waals surface area contributed by atoms with Gasteiger partial charge in [-0.3, -0.25) is 9.79 Å². The maximum Gasteiger partial charge on any atom is 0.416 e. The third-order valence-electron chi connectivity index (χ3n) is 5.06. The topological polar surface area (TPSA) is 60.0 Å². The van der Waals surface area contributed by atoms with Crippen LogP contribution in [0.4, 0.5) is 18.9 Å². The van der Waals surface area contributed by atoms with Crippen molar-refractivity contribution >= 4 is 17.6 Å². The summed E-state index contributed by atoms with van der Waals surface area (Å²) in [5.74, 6) is 0.661. The summed E-state index contributed by atoms with van der Waals surface area (Å²) in [7, 11) is 3.49. The van der Waals surface area contributed by atoms with Gasteiger partial charge >= 0.3 is 6.18 Å². The molecule has 9 heteroatoms. The van der Waals surface area contributed by atoms with Crippen molar-refractivity contribution in [3.05, 3.63) is 65.2 Å². The second-order valence-electron chi connectivity index (χ2n) is 7.39. The van der Waals surface area contributed by atoms with Gasteiger partial charge in [-0.2, -0.15) is 13.2 Å². The molecule has 1 saturated heterocycles. The Hall–Kier alpha value is -3.23. The van der Waals surface area contributed by atoms with Crippen LogP contribution in [0, 0.1) is 0 Å². The first-order valence-electron chi connectivity index (χ1n) is 9.95. The van der Waals surface area contributed by atoms with Crippen molar-refractivity contribution < 1.29 is 18.0 Å². The lowest BCUT2D eigenvalue weighted by molar-refractivity contribution is -0.137. The number of aliphatic imine (C=N–C) groups is 1. The average Bonchev–Trinajstić information content (AvgIpc) is 2.74. The number of nitrogens with one attached hydrogen (secondary N) is 2.